The van der Waals surface area contributed by atoms with Crippen molar-refractivity contribution in [3.05, 3.63) is 47.8 Å². The van der Waals surface area contributed by atoms with Crippen LogP contribution in [0.25, 0.3) is 0 Å². The zero-order valence-corrected chi connectivity index (χ0v) is 18.7. The summed E-state index contributed by atoms with van der Waals surface area (Å²) in [5.41, 5.74) is 1.90. The van der Waals surface area contributed by atoms with Crippen molar-refractivity contribution in [1.29, 1.82) is 0 Å². The molecule has 3 N–H and O–H groups in total. The molecule has 1 aliphatic heterocycles. The first-order valence-corrected chi connectivity index (χ1v) is 9.52. The maximum Gasteiger partial charge on any atom is 0.269 e. The SMILES string of the molecule is CNC(=O)c1cc(Oc2cc(NC(=O)CCC3CCNC3)ccc2C)ccn1.Cl.Cl. The maximum absolute atomic E-state index is 12.3. The zero-order chi connectivity index (χ0) is 19.9. The van der Waals surface area contributed by atoms with Crippen LogP contribution in [-0.2, 0) is 4.79 Å². The van der Waals surface area contributed by atoms with E-state index < -0.39 is 0 Å². The number of nitrogens with one attached hydrogen (secondary N) is 3. The van der Waals surface area contributed by atoms with Gasteiger partial charge in [-0.15, -0.1) is 24.8 Å². The molecule has 0 saturated carbocycles. The van der Waals surface area contributed by atoms with Crippen LogP contribution in [0.15, 0.2) is 36.5 Å². The van der Waals surface area contributed by atoms with E-state index in [-0.39, 0.29) is 42.3 Å². The third-order valence-corrected chi connectivity index (χ3v) is 4.83. The molecule has 3 rings (SSSR count). The quantitative estimate of drug-likeness (QED) is 0.592. The van der Waals surface area contributed by atoms with E-state index in [2.05, 4.69) is 20.9 Å². The number of halogens is 2. The van der Waals surface area contributed by atoms with E-state index in [4.69, 9.17) is 4.74 Å². The summed E-state index contributed by atoms with van der Waals surface area (Å²) in [7, 11) is 1.55. The number of carbonyl (C=O) groups is 2. The van der Waals surface area contributed by atoms with Gasteiger partial charge in [0.25, 0.3) is 5.91 Å². The van der Waals surface area contributed by atoms with Crippen molar-refractivity contribution in [3.63, 3.8) is 0 Å². The third kappa shape index (κ3) is 7.16. The van der Waals surface area contributed by atoms with E-state index >= 15 is 0 Å². The molecule has 0 radical (unpaired) electrons. The van der Waals surface area contributed by atoms with Crippen molar-refractivity contribution in [1.82, 2.24) is 15.6 Å². The van der Waals surface area contributed by atoms with E-state index in [0.717, 1.165) is 31.5 Å². The van der Waals surface area contributed by atoms with Crippen LogP contribution in [0.3, 0.4) is 0 Å². The van der Waals surface area contributed by atoms with Gasteiger partial charge in [-0.3, -0.25) is 14.6 Å². The van der Waals surface area contributed by atoms with E-state index in [1.54, 1.807) is 25.2 Å². The molecule has 1 fully saturated rings. The molecular weight excluding hydrogens is 427 g/mol. The number of rotatable bonds is 7. The van der Waals surface area contributed by atoms with Gasteiger partial charge in [0.1, 0.15) is 17.2 Å². The second-order valence-corrected chi connectivity index (χ2v) is 6.98. The first-order chi connectivity index (χ1) is 13.5. The van der Waals surface area contributed by atoms with Crippen molar-refractivity contribution < 1.29 is 14.3 Å². The van der Waals surface area contributed by atoms with E-state index in [9.17, 15) is 9.59 Å². The van der Waals surface area contributed by atoms with Crippen LogP contribution < -0.4 is 20.7 Å². The zero-order valence-electron chi connectivity index (χ0n) is 17.1. The summed E-state index contributed by atoms with van der Waals surface area (Å²) in [6.07, 6.45) is 4.07. The average molecular weight is 455 g/mol. The van der Waals surface area contributed by atoms with Crippen LogP contribution in [0.2, 0.25) is 0 Å². The van der Waals surface area contributed by atoms with Crippen molar-refractivity contribution in [2.45, 2.75) is 26.2 Å². The highest BCUT2D eigenvalue weighted by molar-refractivity contribution is 5.92. The Hall–Kier alpha value is -2.35. The van der Waals surface area contributed by atoms with Gasteiger partial charge in [-0.2, -0.15) is 0 Å². The van der Waals surface area contributed by atoms with Crippen molar-refractivity contribution in [2.75, 3.05) is 25.5 Å². The Morgan fingerprint density at radius 1 is 1.23 bits per heavy atom. The molecule has 1 aromatic carbocycles. The minimum atomic E-state index is -0.277. The van der Waals surface area contributed by atoms with Crippen molar-refractivity contribution in [3.8, 4) is 11.5 Å². The van der Waals surface area contributed by atoms with Crippen LogP contribution in [0.5, 0.6) is 11.5 Å². The lowest BCUT2D eigenvalue weighted by Crippen LogP contribution is -2.18. The van der Waals surface area contributed by atoms with E-state index in [1.807, 2.05) is 19.1 Å². The minimum Gasteiger partial charge on any atom is -0.457 e. The number of hydrogen-bond donors (Lipinski definition) is 3. The maximum atomic E-state index is 12.3. The highest BCUT2D eigenvalue weighted by Crippen LogP contribution is 2.28. The van der Waals surface area contributed by atoms with Crippen molar-refractivity contribution in [2.24, 2.45) is 5.92 Å². The molecule has 30 heavy (non-hydrogen) atoms. The number of benzene rings is 1. The molecule has 2 heterocycles. The Kier molecular flexibility index (Phi) is 10.6. The fourth-order valence-electron chi connectivity index (χ4n) is 3.16. The predicted octanol–water partition coefficient (Wildman–Crippen LogP) is 3.71. The van der Waals surface area contributed by atoms with Gasteiger partial charge in [0.2, 0.25) is 5.91 Å². The minimum absolute atomic E-state index is 0. The van der Waals surface area contributed by atoms with Crippen LogP contribution >= 0.6 is 24.8 Å². The summed E-state index contributed by atoms with van der Waals surface area (Å²) < 4.78 is 5.93. The summed E-state index contributed by atoms with van der Waals surface area (Å²) in [6.45, 7) is 3.97. The monoisotopic (exact) mass is 454 g/mol. The molecule has 1 unspecified atom stereocenters. The Labute approximate surface area is 189 Å². The number of amides is 2. The van der Waals surface area contributed by atoms with Gasteiger partial charge in [-0.25, -0.2) is 0 Å². The van der Waals surface area contributed by atoms with Crippen LogP contribution in [0, 0.1) is 12.8 Å². The number of carbonyl (C=O) groups excluding carboxylic acids is 2. The largest absolute Gasteiger partial charge is 0.457 e. The number of hydrogen-bond acceptors (Lipinski definition) is 5. The molecule has 1 aromatic heterocycles. The summed E-state index contributed by atoms with van der Waals surface area (Å²) in [5, 5.41) is 8.80. The van der Waals surface area contributed by atoms with Gasteiger partial charge in [-0.1, -0.05) is 6.07 Å². The molecule has 0 bridgehead atoms. The highest BCUT2D eigenvalue weighted by atomic mass is 35.5. The van der Waals surface area contributed by atoms with E-state index in [0.29, 0.717) is 29.5 Å². The summed E-state index contributed by atoms with van der Waals surface area (Å²) in [5.74, 6) is 1.44. The van der Waals surface area contributed by atoms with Gasteiger partial charge in [0, 0.05) is 37.5 Å². The first-order valence-electron chi connectivity index (χ1n) is 9.52. The Bertz CT molecular complexity index is 858. The predicted molar refractivity (Wildman–Crippen MR) is 122 cm³/mol. The topological polar surface area (TPSA) is 92.4 Å². The second-order valence-electron chi connectivity index (χ2n) is 6.98. The lowest BCUT2D eigenvalue weighted by atomic mass is 10.0. The van der Waals surface area contributed by atoms with Crippen LogP contribution in [0.4, 0.5) is 5.69 Å². The van der Waals surface area contributed by atoms with E-state index in [1.165, 1.54) is 6.20 Å². The van der Waals surface area contributed by atoms with Crippen LogP contribution in [-0.4, -0.2) is 36.9 Å². The lowest BCUT2D eigenvalue weighted by molar-refractivity contribution is -0.116. The highest BCUT2D eigenvalue weighted by Gasteiger charge is 2.16. The Morgan fingerprint density at radius 2 is 2.03 bits per heavy atom. The normalized spacial score (nSPS) is 14.8. The smallest absolute Gasteiger partial charge is 0.269 e. The molecule has 1 aliphatic rings. The Balaban J connectivity index is 0.00000225. The molecule has 2 amide bonds. The standard InChI is InChI=1S/C21H26N4O3.2ClH/c1-14-3-5-16(25-20(26)6-4-15-7-9-23-13-15)11-19(14)28-17-8-10-24-18(12-17)21(27)22-2;;/h3,5,8,10-12,15,23H,4,6-7,9,13H2,1-2H3,(H,22,27)(H,25,26);2*1H. The number of aromatic nitrogens is 1. The third-order valence-electron chi connectivity index (χ3n) is 4.83. The molecule has 0 aliphatic carbocycles. The molecule has 7 nitrogen and oxygen atoms in total. The number of anilines is 1. The number of ether oxygens (including phenoxy) is 1. The number of nitrogens with zero attached hydrogens (tertiary/aromatic N) is 1. The first kappa shape index (κ1) is 25.7. The molecule has 164 valence electrons. The second kappa shape index (κ2) is 12.4. The molecular formula is C21H28Cl2N4O3. The molecule has 9 heteroatoms. The van der Waals surface area contributed by atoms with Crippen molar-refractivity contribution >= 4 is 42.3 Å². The van der Waals surface area contributed by atoms with Gasteiger partial charge >= 0.3 is 0 Å². The molecule has 1 saturated heterocycles. The number of aryl methyl sites for hydroxylation is 1. The molecule has 1 atom stereocenters. The average Bonchev–Trinajstić information content (AvgIpc) is 3.22. The Morgan fingerprint density at radius 3 is 2.73 bits per heavy atom. The number of pyridine rings is 1. The van der Waals surface area contributed by atoms with Gasteiger partial charge in [-0.05, 0) is 56.5 Å². The summed E-state index contributed by atoms with van der Waals surface area (Å²) in [6, 6.07) is 8.82. The van der Waals surface area contributed by atoms with Gasteiger partial charge in [0.05, 0.1) is 0 Å². The van der Waals surface area contributed by atoms with Crippen LogP contribution in [0.1, 0.15) is 35.3 Å². The molecule has 2 aromatic rings. The van der Waals surface area contributed by atoms with Gasteiger partial charge in [0.15, 0.2) is 0 Å². The molecule has 0 spiro atoms. The summed E-state index contributed by atoms with van der Waals surface area (Å²) in [4.78, 5) is 28.0. The summed E-state index contributed by atoms with van der Waals surface area (Å²) >= 11 is 0. The van der Waals surface area contributed by atoms with Gasteiger partial charge < -0.3 is 20.7 Å². The fraction of sp³-hybridized carbons (Fsp3) is 0.381. The lowest BCUT2D eigenvalue weighted by Gasteiger charge is -2.13. The fourth-order valence-corrected chi connectivity index (χ4v) is 3.16.